The van der Waals surface area contributed by atoms with E-state index >= 15 is 0 Å². The zero-order valence-electron chi connectivity index (χ0n) is 15.0. The maximum absolute atomic E-state index is 12.6. The van der Waals surface area contributed by atoms with Crippen molar-refractivity contribution in [1.29, 1.82) is 0 Å². The third kappa shape index (κ3) is 4.99. The molecule has 1 N–H and O–H groups in total. The van der Waals surface area contributed by atoms with Crippen molar-refractivity contribution in [2.75, 3.05) is 11.9 Å². The first-order chi connectivity index (χ1) is 12.5. The van der Waals surface area contributed by atoms with Crippen LogP contribution in [0.2, 0.25) is 5.02 Å². The van der Waals surface area contributed by atoms with E-state index in [9.17, 15) is 9.59 Å². The number of halogens is 1. The summed E-state index contributed by atoms with van der Waals surface area (Å²) in [6.07, 6.45) is -0.242. The summed E-state index contributed by atoms with van der Waals surface area (Å²) in [7, 11) is 0. The van der Waals surface area contributed by atoms with E-state index < -0.39 is 12.1 Å². The number of nitrogens with one attached hydrogen (secondary N) is 1. The monoisotopic (exact) mass is 375 g/mol. The molecule has 6 heteroatoms. The molecular formula is C20H22ClNO4. The number of anilines is 1. The summed E-state index contributed by atoms with van der Waals surface area (Å²) in [5.41, 5.74) is 1.76. The molecule has 26 heavy (non-hydrogen) atoms. The molecule has 0 aliphatic carbocycles. The molecule has 1 amide bonds. The van der Waals surface area contributed by atoms with E-state index in [1.54, 1.807) is 49.4 Å². The lowest BCUT2D eigenvalue weighted by Gasteiger charge is -2.19. The molecule has 2 aromatic rings. The largest absolute Gasteiger partial charge is 0.479 e. The normalized spacial score (nSPS) is 11.5. The Morgan fingerprint density at radius 2 is 1.88 bits per heavy atom. The van der Waals surface area contributed by atoms with Gasteiger partial charge in [-0.25, -0.2) is 4.79 Å². The number of aryl methyl sites for hydroxylation is 1. The van der Waals surface area contributed by atoms with Gasteiger partial charge >= 0.3 is 5.97 Å². The molecule has 0 saturated carbocycles. The molecule has 0 spiro atoms. The van der Waals surface area contributed by atoms with Crippen molar-refractivity contribution in [3.63, 3.8) is 0 Å². The van der Waals surface area contributed by atoms with Crippen molar-refractivity contribution in [2.45, 2.75) is 33.3 Å². The fourth-order valence-electron chi connectivity index (χ4n) is 2.33. The van der Waals surface area contributed by atoms with Crippen LogP contribution < -0.4 is 10.1 Å². The molecule has 0 heterocycles. The van der Waals surface area contributed by atoms with Gasteiger partial charge in [-0.2, -0.15) is 0 Å². The highest BCUT2D eigenvalue weighted by molar-refractivity contribution is 6.32. The molecule has 0 aliphatic rings. The molecule has 0 saturated heterocycles. The predicted octanol–water partition coefficient (Wildman–Crippen LogP) is 4.62. The number of rotatable bonds is 7. The van der Waals surface area contributed by atoms with E-state index in [0.717, 1.165) is 5.56 Å². The predicted molar refractivity (Wildman–Crippen MR) is 102 cm³/mol. The highest BCUT2D eigenvalue weighted by Crippen LogP contribution is 2.25. The Morgan fingerprint density at radius 1 is 1.15 bits per heavy atom. The number of ether oxygens (including phenoxy) is 2. The van der Waals surface area contributed by atoms with Crippen molar-refractivity contribution in [3.05, 3.63) is 58.6 Å². The van der Waals surface area contributed by atoms with Crippen LogP contribution in [0.25, 0.3) is 0 Å². The Labute approximate surface area is 158 Å². The third-order valence-corrected chi connectivity index (χ3v) is 4.09. The van der Waals surface area contributed by atoms with Gasteiger partial charge in [0.2, 0.25) is 0 Å². The fraction of sp³-hybridized carbons (Fsp3) is 0.300. The zero-order chi connectivity index (χ0) is 19.1. The van der Waals surface area contributed by atoms with Crippen LogP contribution in [0, 0.1) is 6.92 Å². The van der Waals surface area contributed by atoms with Crippen molar-refractivity contribution in [2.24, 2.45) is 0 Å². The highest BCUT2D eigenvalue weighted by Gasteiger charge is 2.21. The van der Waals surface area contributed by atoms with Gasteiger partial charge in [0.25, 0.3) is 5.91 Å². The molecule has 0 unspecified atom stereocenters. The first-order valence-corrected chi connectivity index (χ1v) is 8.83. The van der Waals surface area contributed by atoms with Crippen LogP contribution in [-0.2, 0) is 9.53 Å². The van der Waals surface area contributed by atoms with Crippen molar-refractivity contribution < 1.29 is 19.1 Å². The number of carbonyl (C=O) groups excluding carboxylic acids is 2. The summed E-state index contributed by atoms with van der Waals surface area (Å²) in [6, 6.07) is 12.0. The summed E-state index contributed by atoms with van der Waals surface area (Å²) in [5.74, 6) is -0.285. The first-order valence-electron chi connectivity index (χ1n) is 8.46. The molecular weight excluding hydrogens is 354 g/mol. The molecule has 0 bridgehead atoms. The van der Waals surface area contributed by atoms with E-state index in [1.807, 2.05) is 13.8 Å². The van der Waals surface area contributed by atoms with Gasteiger partial charge in [0.05, 0.1) is 17.2 Å². The Balaban J connectivity index is 2.15. The standard InChI is InChI=1S/C20H22ClNO4/c1-4-17(26-18-9-7-6-8-15(18)21)19(23)22-16-12-14(11-10-13(16)3)20(24)25-5-2/h6-12,17H,4-5H2,1-3H3,(H,22,23)/t17-/m1/s1. The summed E-state index contributed by atoms with van der Waals surface area (Å²) < 4.78 is 10.7. The van der Waals surface area contributed by atoms with Crippen LogP contribution in [0.4, 0.5) is 5.69 Å². The highest BCUT2D eigenvalue weighted by atomic mass is 35.5. The van der Waals surface area contributed by atoms with Crippen molar-refractivity contribution >= 4 is 29.2 Å². The summed E-state index contributed by atoms with van der Waals surface area (Å²) in [5, 5.41) is 3.27. The van der Waals surface area contributed by atoms with E-state index in [0.29, 0.717) is 28.4 Å². The van der Waals surface area contributed by atoms with E-state index in [2.05, 4.69) is 5.32 Å². The minimum absolute atomic E-state index is 0.290. The molecule has 1 atom stereocenters. The van der Waals surface area contributed by atoms with Gasteiger partial charge in [0, 0.05) is 5.69 Å². The summed E-state index contributed by atoms with van der Waals surface area (Å²) >= 11 is 6.09. The van der Waals surface area contributed by atoms with E-state index in [-0.39, 0.29) is 12.5 Å². The van der Waals surface area contributed by atoms with E-state index in [1.165, 1.54) is 0 Å². The SMILES string of the molecule is CCOC(=O)c1ccc(C)c(NC(=O)[C@@H](CC)Oc2ccccc2Cl)c1. The van der Waals surface area contributed by atoms with Crippen LogP contribution in [0.15, 0.2) is 42.5 Å². The molecule has 0 aromatic heterocycles. The average molecular weight is 376 g/mol. The van der Waals surface area contributed by atoms with Gasteiger partial charge in [0.15, 0.2) is 6.10 Å². The molecule has 138 valence electrons. The molecule has 5 nitrogen and oxygen atoms in total. The summed E-state index contributed by atoms with van der Waals surface area (Å²) in [4.78, 5) is 24.5. The number of amides is 1. The van der Waals surface area contributed by atoms with Gasteiger partial charge in [-0.3, -0.25) is 4.79 Å². The lowest BCUT2D eigenvalue weighted by molar-refractivity contribution is -0.122. The molecule has 0 radical (unpaired) electrons. The van der Waals surface area contributed by atoms with E-state index in [4.69, 9.17) is 21.1 Å². The van der Waals surface area contributed by atoms with Crippen LogP contribution in [0.3, 0.4) is 0 Å². The average Bonchev–Trinajstić information content (AvgIpc) is 2.63. The lowest BCUT2D eigenvalue weighted by atomic mass is 10.1. The van der Waals surface area contributed by atoms with Gasteiger partial charge < -0.3 is 14.8 Å². The third-order valence-electron chi connectivity index (χ3n) is 3.78. The Hall–Kier alpha value is -2.53. The summed E-state index contributed by atoms with van der Waals surface area (Å²) in [6.45, 7) is 5.73. The van der Waals surface area contributed by atoms with Crippen LogP contribution in [0.5, 0.6) is 5.75 Å². The van der Waals surface area contributed by atoms with Crippen molar-refractivity contribution in [1.82, 2.24) is 0 Å². The molecule has 0 fully saturated rings. The van der Waals surface area contributed by atoms with Crippen LogP contribution in [0.1, 0.15) is 36.2 Å². The molecule has 0 aliphatic heterocycles. The van der Waals surface area contributed by atoms with Crippen LogP contribution in [-0.4, -0.2) is 24.6 Å². The molecule has 2 rings (SSSR count). The minimum atomic E-state index is -0.708. The van der Waals surface area contributed by atoms with Crippen molar-refractivity contribution in [3.8, 4) is 5.75 Å². The first kappa shape index (κ1) is 19.8. The van der Waals surface area contributed by atoms with Gasteiger partial charge in [-0.15, -0.1) is 0 Å². The van der Waals surface area contributed by atoms with Gasteiger partial charge in [-0.05, 0) is 50.1 Å². The topological polar surface area (TPSA) is 64.6 Å². The maximum Gasteiger partial charge on any atom is 0.338 e. The second kappa shape index (κ2) is 9.25. The number of esters is 1. The van der Waals surface area contributed by atoms with Crippen LogP contribution >= 0.6 is 11.6 Å². The zero-order valence-corrected chi connectivity index (χ0v) is 15.8. The minimum Gasteiger partial charge on any atom is -0.479 e. The van der Waals surface area contributed by atoms with Gasteiger partial charge in [0.1, 0.15) is 5.75 Å². The maximum atomic E-state index is 12.6. The van der Waals surface area contributed by atoms with Gasteiger partial charge in [-0.1, -0.05) is 36.7 Å². The quantitative estimate of drug-likeness (QED) is 0.717. The second-order valence-electron chi connectivity index (χ2n) is 5.68. The Kier molecular flexibility index (Phi) is 7.04. The fourth-order valence-corrected chi connectivity index (χ4v) is 2.51. The number of benzene rings is 2. The second-order valence-corrected chi connectivity index (χ2v) is 6.09. The number of para-hydroxylation sites is 1. The number of hydrogen-bond donors (Lipinski definition) is 1. The number of hydrogen-bond acceptors (Lipinski definition) is 4. The number of carbonyl (C=O) groups is 2. The Morgan fingerprint density at radius 3 is 2.54 bits per heavy atom. The Bertz CT molecular complexity index is 791. The smallest absolute Gasteiger partial charge is 0.338 e. The molecule has 2 aromatic carbocycles. The lowest BCUT2D eigenvalue weighted by Crippen LogP contribution is -2.32.